The lowest BCUT2D eigenvalue weighted by Gasteiger charge is -2.60. The van der Waals surface area contributed by atoms with E-state index in [0.717, 1.165) is 167 Å². The second kappa shape index (κ2) is 36.8. The van der Waals surface area contributed by atoms with Gasteiger partial charge in [-0.1, -0.05) is 76.1 Å². The summed E-state index contributed by atoms with van der Waals surface area (Å²) in [6.45, 7) is 7.09. The Kier molecular flexibility index (Phi) is 26.0. The molecule has 0 spiro atoms. The van der Waals surface area contributed by atoms with Crippen LogP contribution in [-0.2, 0) is 67.5 Å². The summed E-state index contributed by atoms with van der Waals surface area (Å²) in [5, 5.41) is 58.6. The van der Waals surface area contributed by atoms with Crippen LogP contribution in [0.5, 0.6) is 0 Å². The van der Waals surface area contributed by atoms with Crippen LogP contribution in [0.3, 0.4) is 0 Å². The molecule has 9 aromatic rings. The molecular formula is C95H121B5F2N14O10S3. The predicted octanol–water partition coefficient (Wildman–Crippen LogP) is 12.5. The van der Waals surface area contributed by atoms with Crippen LogP contribution >= 0.6 is 0 Å². The number of carbonyl (C=O) groups excluding carboxylic acids is 1. The lowest BCUT2D eigenvalue weighted by Crippen LogP contribution is -2.50. The minimum Gasteiger partial charge on any atom is -0.446 e. The fourth-order valence-electron chi connectivity index (χ4n) is 24.5. The summed E-state index contributed by atoms with van der Waals surface area (Å²) in [5.74, 6) is 21.2. The van der Waals surface area contributed by atoms with Gasteiger partial charge in [0.25, 0.3) is 5.92 Å². The van der Waals surface area contributed by atoms with Gasteiger partial charge in [0, 0.05) is 158 Å². The maximum atomic E-state index is 13.1. The van der Waals surface area contributed by atoms with E-state index in [1.54, 1.807) is 18.1 Å². The van der Waals surface area contributed by atoms with E-state index >= 15 is 0 Å². The Labute approximate surface area is 758 Å². The number of pyridine rings is 5. The zero-order valence-electron chi connectivity index (χ0n) is 74.8. The van der Waals surface area contributed by atoms with Crippen molar-refractivity contribution in [3.05, 3.63) is 183 Å². The molecule has 13 N–H and O–H groups in total. The Morgan fingerprint density at radius 1 is 0.566 bits per heavy atom. The number of H-pyrrole nitrogens is 4. The number of nitrogens with one attached hydrogen (secondary N) is 8. The van der Waals surface area contributed by atoms with E-state index in [1.807, 2.05) is 87.4 Å². The molecular weight excluding hydrogens is 1690 g/mol. The van der Waals surface area contributed by atoms with Crippen molar-refractivity contribution in [2.24, 2.45) is 64.6 Å². The van der Waals surface area contributed by atoms with Crippen LogP contribution in [0.2, 0.25) is 0 Å². The number of sulfonamides is 1. The molecule has 9 aromatic heterocycles. The Hall–Kier alpha value is -8.53. The monoisotopic (exact) mass is 1810 g/mol. The molecule has 4 bridgehead atoms. The number of hydrogen-bond acceptors (Lipinski definition) is 15. The topological polar surface area (TPSA) is 365 Å². The smallest absolute Gasteiger partial charge is 0.321 e. The zero-order valence-corrected chi connectivity index (χ0v) is 77.3. The van der Waals surface area contributed by atoms with Crippen LogP contribution in [0.25, 0.3) is 78.1 Å². The van der Waals surface area contributed by atoms with Gasteiger partial charge in [0.2, 0.25) is 10.0 Å². The van der Waals surface area contributed by atoms with Gasteiger partial charge in [-0.3, -0.25) is 13.4 Å². The number of allylic oxidation sites excluding steroid dienone is 5. The van der Waals surface area contributed by atoms with Crippen molar-refractivity contribution in [2.45, 2.75) is 187 Å². The van der Waals surface area contributed by atoms with Gasteiger partial charge in [-0.15, -0.1) is 0 Å². The third-order valence-electron chi connectivity index (χ3n) is 30.1. The van der Waals surface area contributed by atoms with E-state index in [0.29, 0.717) is 97.6 Å². The van der Waals surface area contributed by atoms with Crippen LogP contribution in [0.1, 0.15) is 198 Å². The van der Waals surface area contributed by atoms with Gasteiger partial charge in [-0.05, 0) is 307 Å². The molecule has 2 unspecified atom stereocenters. The maximum absolute atomic E-state index is 13.1. The molecule has 15 heterocycles. The van der Waals surface area contributed by atoms with Crippen LogP contribution in [0, 0.1) is 64.6 Å². The number of halogens is 2. The first-order valence-corrected chi connectivity index (χ1v) is 52.2. The number of carbonyl (C=O) groups is 1. The second-order valence-electron chi connectivity index (χ2n) is 39.7. The summed E-state index contributed by atoms with van der Waals surface area (Å²) in [5.41, 5.74) is 24.3. The number of urea groups is 1. The molecule has 0 aromatic carbocycles. The van der Waals surface area contributed by atoms with Crippen LogP contribution < -0.4 is 19.5 Å². The number of fused-ring (bicyclic) bond motifs is 15. The second-order valence-corrected chi connectivity index (χ2v) is 46.4. The van der Waals surface area contributed by atoms with E-state index in [-0.39, 0.29) is 36.6 Å². The van der Waals surface area contributed by atoms with Crippen molar-refractivity contribution in [2.75, 3.05) is 43.9 Å². The quantitative estimate of drug-likeness (QED) is 0.0280. The first-order chi connectivity index (χ1) is 61.8. The largest absolute Gasteiger partial charge is 0.446 e. The molecule has 8 aliphatic carbocycles. The van der Waals surface area contributed by atoms with Gasteiger partial charge >= 0.3 is 40.6 Å². The van der Waals surface area contributed by atoms with Crippen molar-refractivity contribution in [3.8, 4) is 0 Å². The highest BCUT2D eigenvalue weighted by Crippen LogP contribution is 2.65. The van der Waals surface area contributed by atoms with Gasteiger partial charge < -0.3 is 55.3 Å². The van der Waals surface area contributed by atoms with Crippen molar-refractivity contribution in [1.29, 1.82) is 0 Å². The van der Waals surface area contributed by atoms with Crippen molar-refractivity contribution in [3.63, 3.8) is 0 Å². The molecule has 34 heteroatoms. The van der Waals surface area contributed by atoms with Crippen molar-refractivity contribution < 1.29 is 55.5 Å². The summed E-state index contributed by atoms with van der Waals surface area (Å²) < 4.78 is 83.4. The number of rotatable bonds is 18. The van der Waals surface area contributed by atoms with E-state index in [2.05, 4.69) is 132 Å². The van der Waals surface area contributed by atoms with Crippen LogP contribution in [0.4, 0.5) is 13.6 Å². The Bertz CT molecular complexity index is 6310. The lowest BCUT2D eigenvalue weighted by atomic mass is 9.44. The van der Waals surface area contributed by atoms with Gasteiger partial charge in [0.1, 0.15) is 22.6 Å². The highest BCUT2D eigenvalue weighted by Gasteiger charge is 2.55. The number of nitrogens with zero attached hydrogens (tertiary/aromatic N) is 6. The number of alkyl halides is 2. The third-order valence-corrected chi connectivity index (χ3v) is 35.2. The Balaban J connectivity index is 0.000000109. The normalized spacial score (nSPS) is 27.2. The predicted molar refractivity (Wildman–Crippen MR) is 521 cm³/mol. The van der Waals surface area contributed by atoms with Crippen LogP contribution in [0.15, 0.2) is 116 Å². The van der Waals surface area contributed by atoms with E-state index < -0.39 is 75.6 Å². The molecule has 23 rings (SSSR count). The standard InChI is InChI=1S/C21H25BN2O.C20H25BF2N4O2.C19H26BN3O2S.C18H23BN2O3S.C17H22BN3O2S/c1-21-6-12-4-13(7-21)18(14(5-12)8-21)17-10-22(25)9-15-11-24-20-16(19(15)17)2-3-23-20;1-3-12-9-27(19(28)26-11-20(2,22)23)10-16(12)15-7-21(29)6-13-8-25-18-14(17(13)15)4-5-24-18;1-21-26(2,25)12-13-3-5-14(6-4-13)17-10-20(24)9-15-11-23-19-16(18(15)17)7-8-22-19;1-2-6-25(23,24)21-14-7-12(8-14)16-10-19(22)9-13-11-20-17-5-3-4-15(17)18(13)16;1-3-24(2,23)21-13-6-11(7-13)15-9-18(22)8-12-10-20-17-14(16(12)15)4-5-19-17/h2-3,10-14,18,25H,4-9H2,1H3,(H,23,24);4-5,7-8,12,16,29H,3,6,9-11H2,1-2H3,(H,24,25)(H,26,28);7-8,10-11,13-14,24H,2-6,9,12H2,1H3,(H,21,25)(H,22,23);3-4,10-12,14,21-22H,2,5-9H2,1H3;4-5,9-11,13,22H,2-3,6-8H2,1H3,(H,19,20)(H,21,23)/t12?,13-,14-,18?,21?;12-,16+;;;/m10.../s1. The summed E-state index contributed by atoms with van der Waals surface area (Å²) in [6, 6.07) is 8.08. The van der Waals surface area contributed by atoms with Gasteiger partial charge in [-0.25, -0.2) is 56.1 Å². The molecule has 6 atom stereocenters. The van der Waals surface area contributed by atoms with Gasteiger partial charge in [-0.2, -0.15) is 0 Å². The summed E-state index contributed by atoms with van der Waals surface area (Å²) >= 11 is 0. The fraction of sp³-hybridized carbons (Fsp3) is 0.495. The molecule has 129 heavy (non-hydrogen) atoms. The molecule has 0 radical (unpaired) electrons. The molecule has 8 fully saturated rings. The van der Waals surface area contributed by atoms with Gasteiger partial charge in [0.05, 0.1) is 18.0 Å². The lowest BCUT2D eigenvalue weighted by molar-refractivity contribution is -0.0666. The average Bonchev–Trinajstić information content (AvgIpc) is 0.985. The number of amides is 2. The van der Waals surface area contributed by atoms with Crippen LogP contribution in [-0.4, -0.2) is 206 Å². The Morgan fingerprint density at radius 2 is 1.00 bits per heavy atom. The molecule has 6 aliphatic heterocycles. The molecule has 1 saturated heterocycles. The maximum Gasteiger partial charge on any atom is 0.321 e. The molecule has 24 nitrogen and oxygen atoms in total. The molecule has 678 valence electrons. The molecule has 7 saturated carbocycles. The van der Waals surface area contributed by atoms with E-state index in [4.69, 9.17) is 0 Å². The number of aromatic nitrogens is 9. The number of likely N-dealkylation sites (tertiary alicyclic amines) is 1. The molecule has 14 aliphatic rings. The summed E-state index contributed by atoms with van der Waals surface area (Å²) in [4.78, 5) is 49.3. The van der Waals surface area contributed by atoms with Crippen molar-refractivity contribution in [1.82, 2.24) is 69.2 Å². The van der Waals surface area contributed by atoms with E-state index in [1.165, 1.54) is 93.2 Å². The van der Waals surface area contributed by atoms with Crippen molar-refractivity contribution >= 4 is 160 Å². The highest BCUT2D eigenvalue weighted by atomic mass is 32.2. The highest BCUT2D eigenvalue weighted by molar-refractivity contribution is 7.98. The fourth-order valence-corrected chi connectivity index (χ4v) is 28.1. The first-order valence-electron chi connectivity index (χ1n) is 46.8. The molecule has 2 amide bonds. The van der Waals surface area contributed by atoms with E-state index in [9.17, 15) is 55.5 Å². The number of hydrogen-bond donors (Lipinski definition) is 13. The van der Waals surface area contributed by atoms with Gasteiger partial charge in [0.15, 0.2) is 0 Å². The first kappa shape index (κ1) is 91.0. The number of aromatic amines is 4. The minimum absolute atomic E-state index is 0.00963. The zero-order chi connectivity index (χ0) is 90.3. The minimum atomic E-state index is -3.17. The summed E-state index contributed by atoms with van der Waals surface area (Å²) in [7, 11) is -5.76. The average molecular weight is 1810 g/mol. The summed E-state index contributed by atoms with van der Waals surface area (Å²) in [6.07, 6.45) is 41.5. The third kappa shape index (κ3) is 19.3. The SMILES string of the molecule is C=S(=O)(CC)NC1CC(C2=CB(O)Cc3cnc4[nH]ccc4c32)C1.C=S(=O)(CC1CCC(C2=CB(O)Cc3cnc4[nH]ccc4c32)CC1)NC.CC12CC3C[C@H](C1)C(C1=CB(O)Cc4cnc5[nH]ccc5c41)[C@H](C3)C2.CCCS(=O)(=O)NC1CC(C2=CB(O)Cc3cnc4c(c32)C=CC4)C1.CC[C@H]1CN(C(=O)NCC(C)(F)F)C[C@H]1C1=CB(O)Cc2cnc3[nH]ccc3c21. The Morgan fingerprint density at radius 3 is 1.46 bits per heavy atom.